The molecule has 1 aliphatic rings. The monoisotopic (exact) mass is 419 g/mol. The fraction of sp³-hybridized carbons (Fsp3) is 0.400. The zero-order valence-corrected chi connectivity index (χ0v) is 18.2. The first-order valence-corrected chi connectivity index (χ1v) is 10.9. The van der Waals surface area contributed by atoms with Gasteiger partial charge in [-0.2, -0.15) is 0 Å². The molecule has 0 spiro atoms. The number of piperidine rings is 1. The number of carbonyl (C=O) groups is 1. The Bertz CT molecular complexity index is 1000. The smallest absolute Gasteiger partial charge is 0.313 e. The van der Waals surface area contributed by atoms with Gasteiger partial charge in [0.25, 0.3) is 0 Å². The number of hydrogen-bond donors (Lipinski definition) is 0. The van der Waals surface area contributed by atoms with Crippen molar-refractivity contribution in [3.05, 3.63) is 71.7 Å². The van der Waals surface area contributed by atoms with Gasteiger partial charge in [-0.25, -0.2) is 0 Å². The van der Waals surface area contributed by atoms with Gasteiger partial charge in [0.2, 0.25) is 0 Å². The van der Waals surface area contributed by atoms with E-state index in [4.69, 9.17) is 9.26 Å². The van der Waals surface area contributed by atoms with Crippen LogP contribution in [0, 0.1) is 12.3 Å². The molecule has 6 nitrogen and oxygen atoms in total. The number of ether oxygens (including phenoxy) is 1. The first-order chi connectivity index (χ1) is 15.1. The predicted octanol–water partition coefficient (Wildman–Crippen LogP) is 4.43. The third kappa shape index (κ3) is 5.02. The summed E-state index contributed by atoms with van der Waals surface area (Å²) >= 11 is 0. The summed E-state index contributed by atoms with van der Waals surface area (Å²) in [6, 6.07) is 14.1. The second-order valence-electron chi connectivity index (χ2n) is 8.40. The Hall–Kier alpha value is -2.99. The minimum Gasteiger partial charge on any atom is -0.466 e. The molecular weight excluding hydrogens is 390 g/mol. The molecule has 1 aliphatic heterocycles. The molecule has 0 radical (unpaired) electrons. The third-order valence-corrected chi connectivity index (χ3v) is 5.91. The van der Waals surface area contributed by atoms with Gasteiger partial charge in [-0.15, -0.1) is 0 Å². The van der Waals surface area contributed by atoms with Gasteiger partial charge in [-0.05, 0) is 44.9 Å². The van der Waals surface area contributed by atoms with E-state index in [0.29, 0.717) is 25.3 Å². The van der Waals surface area contributed by atoms with Crippen LogP contribution in [-0.2, 0) is 22.5 Å². The molecule has 6 heteroatoms. The normalized spacial score (nSPS) is 19.3. The highest BCUT2D eigenvalue weighted by Crippen LogP contribution is 2.36. The van der Waals surface area contributed by atoms with Crippen LogP contribution in [0.1, 0.15) is 36.7 Å². The zero-order chi connectivity index (χ0) is 21.7. The lowest BCUT2D eigenvalue weighted by molar-refractivity contribution is -0.159. The van der Waals surface area contributed by atoms with Gasteiger partial charge < -0.3 is 9.26 Å². The topological polar surface area (TPSA) is 68.5 Å². The largest absolute Gasteiger partial charge is 0.466 e. The van der Waals surface area contributed by atoms with E-state index in [1.54, 1.807) is 6.20 Å². The second kappa shape index (κ2) is 9.43. The van der Waals surface area contributed by atoms with Crippen LogP contribution in [0.4, 0.5) is 0 Å². The van der Waals surface area contributed by atoms with E-state index in [1.807, 2.05) is 37.4 Å². The van der Waals surface area contributed by atoms with Crippen LogP contribution in [0.3, 0.4) is 0 Å². The van der Waals surface area contributed by atoms with Crippen molar-refractivity contribution in [1.29, 1.82) is 0 Å². The molecule has 3 heterocycles. The molecule has 0 saturated carbocycles. The molecule has 4 rings (SSSR count). The molecule has 0 aliphatic carbocycles. The highest BCUT2D eigenvalue weighted by atomic mass is 16.5. The maximum atomic E-state index is 13.1. The van der Waals surface area contributed by atoms with E-state index >= 15 is 0 Å². The summed E-state index contributed by atoms with van der Waals surface area (Å²) < 4.78 is 11.2. The number of pyridine rings is 1. The number of hydrogen-bond acceptors (Lipinski definition) is 6. The summed E-state index contributed by atoms with van der Waals surface area (Å²) in [5.74, 6) is 0.561. The van der Waals surface area contributed by atoms with Crippen molar-refractivity contribution in [1.82, 2.24) is 15.0 Å². The van der Waals surface area contributed by atoms with Gasteiger partial charge in [0.15, 0.2) is 0 Å². The molecule has 2 aromatic heterocycles. The lowest BCUT2D eigenvalue weighted by Crippen LogP contribution is -2.49. The van der Waals surface area contributed by atoms with E-state index in [9.17, 15) is 4.79 Å². The van der Waals surface area contributed by atoms with Gasteiger partial charge in [0, 0.05) is 43.5 Å². The second-order valence-corrected chi connectivity index (χ2v) is 8.40. The molecule has 0 bridgehead atoms. The number of nitrogens with zero attached hydrogens (tertiary/aromatic N) is 3. The first kappa shape index (κ1) is 21.2. The Balaban J connectivity index is 1.55. The number of likely N-dealkylation sites (tertiary alicyclic amines) is 1. The van der Waals surface area contributed by atoms with Crippen molar-refractivity contribution in [3.63, 3.8) is 0 Å². The molecule has 0 N–H and O–H groups in total. The molecule has 3 aromatic rings. The van der Waals surface area contributed by atoms with Crippen molar-refractivity contribution >= 4 is 5.97 Å². The summed E-state index contributed by atoms with van der Waals surface area (Å²) in [5, 5.41) is 4.26. The molecule has 1 atom stereocenters. The number of esters is 1. The number of aryl methyl sites for hydroxylation is 1. The van der Waals surface area contributed by atoms with Gasteiger partial charge in [0.05, 0.1) is 12.0 Å². The molecule has 31 heavy (non-hydrogen) atoms. The average molecular weight is 420 g/mol. The summed E-state index contributed by atoms with van der Waals surface area (Å²) in [6.45, 7) is 6.61. The van der Waals surface area contributed by atoms with E-state index in [2.05, 4.69) is 40.2 Å². The van der Waals surface area contributed by atoms with Gasteiger partial charge in [0.1, 0.15) is 11.5 Å². The minimum absolute atomic E-state index is 0.154. The van der Waals surface area contributed by atoms with Crippen LogP contribution in [-0.4, -0.2) is 40.7 Å². The zero-order valence-electron chi connectivity index (χ0n) is 18.2. The fourth-order valence-corrected chi connectivity index (χ4v) is 4.37. The molecule has 1 saturated heterocycles. The fourth-order valence-electron chi connectivity index (χ4n) is 4.37. The van der Waals surface area contributed by atoms with Gasteiger partial charge >= 0.3 is 5.97 Å². The minimum atomic E-state index is -0.638. The van der Waals surface area contributed by atoms with Gasteiger partial charge in [-0.1, -0.05) is 41.1 Å². The van der Waals surface area contributed by atoms with Crippen molar-refractivity contribution < 1.29 is 14.1 Å². The van der Waals surface area contributed by atoms with E-state index in [0.717, 1.165) is 42.8 Å². The first-order valence-electron chi connectivity index (χ1n) is 10.9. The predicted molar refractivity (Wildman–Crippen MR) is 118 cm³/mol. The van der Waals surface area contributed by atoms with Crippen molar-refractivity contribution in [2.24, 2.45) is 5.41 Å². The lowest BCUT2D eigenvalue weighted by Gasteiger charge is -2.40. The summed E-state index contributed by atoms with van der Waals surface area (Å²) in [4.78, 5) is 19.6. The van der Waals surface area contributed by atoms with Crippen LogP contribution >= 0.6 is 0 Å². The Kier molecular flexibility index (Phi) is 6.47. The molecule has 1 aromatic carbocycles. The maximum absolute atomic E-state index is 13.1. The van der Waals surface area contributed by atoms with Crippen molar-refractivity contribution in [3.8, 4) is 11.3 Å². The molecule has 1 fully saturated rings. The third-order valence-electron chi connectivity index (χ3n) is 5.91. The Labute approximate surface area is 183 Å². The van der Waals surface area contributed by atoms with Crippen LogP contribution < -0.4 is 0 Å². The molecular formula is C25H29N3O3. The van der Waals surface area contributed by atoms with Crippen LogP contribution in [0.5, 0.6) is 0 Å². The Morgan fingerprint density at radius 1 is 1.26 bits per heavy atom. The van der Waals surface area contributed by atoms with Gasteiger partial charge in [-0.3, -0.25) is 14.7 Å². The average Bonchev–Trinajstić information content (AvgIpc) is 3.23. The highest BCUT2D eigenvalue weighted by Gasteiger charge is 2.44. The molecule has 0 amide bonds. The molecule has 162 valence electrons. The number of rotatable bonds is 7. The van der Waals surface area contributed by atoms with Crippen LogP contribution in [0.15, 0.2) is 59.4 Å². The van der Waals surface area contributed by atoms with E-state index in [1.165, 1.54) is 5.56 Å². The lowest BCUT2D eigenvalue weighted by atomic mass is 9.76. The summed E-state index contributed by atoms with van der Waals surface area (Å²) in [5.41, 5.74) is 3.50. The summed E-state index contributed by atoms with van der Waals surface area (Å²) in [6.07, 6.45) is 5.84. The molecule has 0 unspecified atom stereocenters. The highest BCUT2D eigenvalue weighted by molar-refractivity contribution is 5.77. The van der Waals surface area contributed by atoms with E-state index < -0.39 is 5.41 Å². The summed E-state index contributed by atoms with van der Waals surface area (Å²) in [7, 11) is 0. The van der Waals surface area contributed by atoms with Crippen LogP contribution in [0.25, 0.3) is 11.3 Å². The Morgan fingerprint density at radius 2 is 2.10 bits per heavy atom. The van der Waals surface area contributed by atoms with E-state index in [-0.39, 0.29) is 5.97 Å². The quantitative estimate of drug-likeness (QED) is 0.528. The van der Waals surface area contributed by atoms with Crippen molar-refractivity contribution in [2.45, 2.75) is 39.7 Å². The Morgan fingerprint density at radius 3 is 2.84 bits per heavy atom. The van der Waals surface area contributed by atoms with Crippen molar-refractivity contribution in [2.75, 3.05) is 19.7 Å². The van der Waals surface area contributed by atoms with Crippen LogP contribution in [0.2, 0.25) is 0 Å². The standard InChI is InChI=1S/C25H29N3O3/c1-3-30-24(29)25(11-5-13-28(18-25)17-20-6-4-12-26-16-20)15-22-14-23(27-31-22)21-9-7-19(2)8-10-21/h4,6-10,12,14,16H,3,5,11,13,15,17-18H2,1-2H3/t25-/m1/s1. The SMILES string of the molecule is CCOC(=O)[C@@]1(Cc2cc(-c3ccc(C)cc3)no2)CCCN(Cc2cccnc2)C1. The number of benzene rings is 1. The number of aromatic nitrogens is 2. The maximum Gasteiger partial charge on any atom is 0.313 e. The number of carbonyl (C=O) groups excluding carboxylic acids is 1.